The van der Waals surface area contributed by atoms with Crippen LogP contribution in [0.3, 0.4) is 0 Å². The van der Waals surface area contributed by atoms with E-state index in [1.807, 2.05) is 0 Å². The summed E-state index contributed by atoms with van der Waals surface area (Å²) in [5, 5.41) is 31.2. The number of ether oxygens (including phenoxy) is 6. The molecular formula is C12H27AlO9. The first-order valence-electron chi connectivity index (χ1n) is 5.79. The van der Waals surface area contributed by atoms with Crippen molar-refractivity contribution in [3.8, 4) is 0 Å². The molecule has 0 rings (SSSR count). The quantitative estimate of drug-likeness (QED) is 0.382. The van der Waals surface area contributed by atoms with Gasteiger partial charge in [-0.2, -0.15) is 0 Å². The van der Waals surface area contributed by atoms with Gasteiger partial charge in [-0.3, -0.25) is 0 Å². The summed E-state index contributed by atoms with van der Waals surface area (Å²) >= 11 is 0. The van der Waals surface area contributed by atoms with Gasteiger partial charge >= 0.3 is 17.4 Å². The van der Waals surface area contributed by atoms with Crippen LogP contribution in [0.5, 0.6) is 0 Å². The summed E-state index contributed by atoms with van der Waals surface area (Å²) in [6.45, 7) is 3.90. The molecule has 0 aliphatic heterocycles. The Morgan fingerprint density at radius 2 is 0.545 bits per heavy atom. The third kappa shape index (κ3) is 22.5. The van der Waals surface area contributed by atoms with E-state index >= 15 is 0 Å². The zero-order chi connectivity index (χ0) is 17.7. The van der Waals surface area contributed by atoms with Crippen molar-refractivity contribution in [2.75, 3.05) is 42.7 Å². The molecular weight excluding hydrogens is 315 g/mol. The van der Waals surface area contributed by atoms with Crippen LogP contribution >= 0.6 is 0 Å². The molecule has 0 spiro atoms. The second-order valence-electron chi connectivity index (χ2n) is 3.81. The van der Waals surface area contributed by atoms with Crippen molar-refractivity contribution >= 4 is 17.4 Å². The molecule has 0 radical (unpaired) electrons. The smallest absolute Gasteiger partial charge is 0.807 e. The fourth-order valence-corrected chi connectivity index (χ4v) is 0.250. The predicted molar refractivity (Wildman–Crippen MR) is 73.0 cm³/mol. The largest absolute Gasteiger partial charge is 3.00 e. The Bertz CT molecular complexity index is 179. The Hall–Kier alpha value is 0.172. The van der Waals surface area contributed by atoms with Crippen molar-refractivity contribution in [1.29, 1.82) is 0 Å². The molecule has 10 heteroatoms. The number of hydrogen-bond acceptors (Lipinski definition) is 9. The molecule has 0 fully saturated rings. The van der Waals surface area contributed by atoms with Gasteiger partial charge in [0, 0.05) is 42.7 Å². The van der Waals surface area contributed by atoms with Crippen LogP contribution in [0.4, 0.5) is 0 Å². The molecule has 9 nitrogen and oxygen atoms in total. The summed E-state index contributed by atoms with van der Waals surface area (Å²) in [6.07, 6.45) is 0. The summed E-state index contributed by atoms with van der Waals surface area (Å²) < 4.78 is 25.9. The zero-order valence-corrected chi connectivity index (χ0v) is 15.9. The van der Waals surface area contributed by atoms with Crippen LogP contribution < -0.4 is 15.3 Å². The molecule has 0 aromatic carbocycles. The maximum Gasteiger partial charge on any atom is 3.00 e. The third-order valence-electron chi connectivity index (χ3n) is 2.22. The second kappa shape index (κ2) is 14.7. The van der Waals surface area contributed by atoms with Crippen LogP contribution in [0.25, 0.3) is 0 Å². The predicted octanol–water partition coefficient (Wildman–Crippen LogP) is -2.44. The van der Waals surface area contributed by atoms with Crippen molar-refractivity contribution in [3.63, 3.8) is 0 Å². The maximum absolute atomic E-state index is 10.4. The average molecular weight is 342 g/mol. The second-order valence-corrected chi connectivity index (χ2v) is 3.81. The molecule has 22 heavy (non-hydrogen) atoms. The van der Waals surface area contributed by atoms with E-state index in [0.29, 0.717) is 0 Å². The minimum Gasteiger partial charge on any atom is -0.807 e. The van der Waals surface area contributed by atoms with Gasteiger partial charge in [-0.15, -0.1) is 0 Å². The third-order valence-corrected chi connectivity index (χ3v) is 2.22. The van der Waals surface area contributed by atoms with E-state index in [1.54, 1.807) is 0 Å². The van der Waals surface area contributed by atoms with Crippen LogP contribution in [0.1, 0.15) is 20.8 Å². The zero-order valence-electron chi connectivity index (χ0n) is 14.8. The molecule has 0 bridgehead atoms. The molecule has 0 atom stereocenters. The molecule has 0 unspecified atom stereocenters. The number of rotatable bonds is 6. The van der Waals surface area contributed by atoms with E-state index in [-0.39, 0.29) is 17.4 Å². The van der Waals surface area contributed by atoms with E-state index in [0.717, 1.165) is 0 Å². The Morgan fingerprint density at radius 1 is 0.455 bits per heavy atom. The molecule has 0 heterocycles. The van der Waals surface area contributed by atoms with E-state index in [1.165, 1.54) is 63.4 Å². The molecule has 0 N–H and O–H groups in total. The molecule has 0 saturated carbocycles. The van der Waals surface area contributed by atoms with Crippen LogP contribution in [-0.4, -0.2) is 77.9 Å². The normalized spacial score (nSPS) is 11.5. The van der Waals surface area contributed by atoms with E-state index in [9.17, 15) is 15.3 Å². The van der Waals surface area contributed by atoms with E-state index in [2.05, 4.69) is 28.4 Å². The van der Waals surface area contributed by atoms with Gasteiger partial charge in [0.25, 0.3) is 0 Å². The standard InChI is InChI=1S/3C4H9O3.Al/c3*1-4(5,6-2)7-3;/h3*1-3H3;/q3*-1;+3. The van der Waals surface area contributed by atoms with Gasteiger partial charge < -0.3 is 43.7 Å². The van der Waals surface area contributed by atoms with Crippen molar-refractivity contribution in [1.82, 2.24) is 0 Å². The molecule has 0 aromatic heterocycles. The van der Waals surface area contributed by atoms with Crippen molar-refractivity contribution in [2.24, 2.45) is 0 Å². The number of methoxy groups -OCH3 is 6. The summed E-state index contributed by atoms with van der Waals surface area (Å²) in [6, 6.07) is 0. The minimum absolute atomic E-state index is 0. The van der Waals surface area contributed by atoms with Gasteiger partial charge in [-0.25, -0.2) is 0 Å². The fourth-order valence-electron chi connectivity index (χ4n) is 0.250. The Morgan fingerprint density at radius 3 is 0.545 bits per heavy atom. The van der Waals surface area contributed by atoms with Crippen LogP contribution in [-0.2, 0) is 28.4 Å². The summed E-state index contributed by atoms with van der Waals surface area (Å²) in [7, 11) is 7.81. The van der Waals surface area contributed by atoms with Crippen molar-refractivity contribution in [3.05, 3.63) is 0 Å². The SMILES string of the molecule is COC(C)([O-])OC.COC(C)([O-])OC.COC(C)([O-])OC.[Al+3]. The summed E-state index contributed by atoms with van der Waals surface area (Å²) in [5.41, 5.74) is 0. The molecule has 0 saturated heterocycles. The summed E-state index contributed by atoms with van der Waals surface area (Å²) in [4.78, 5) is 0. The van der Waals surface area contributed by atoms with Crippen molar-refractivity contribution in [2.45, 2.75) is 38.7 Å². The fraction of sp³-hybridized carbons (Fsp3) is 1.00. The van der Waals surface area contributed by atoms with Crippen LogP contribution in [0.2, 0.25) is 0 Å². The monoisotopic (exact) mass is 342 g/mol. The topological polar surface area (TPSA) is 125 Å². The van der Waals surface area contributed by atoms with E-state index in [4.69, 9.17) is 0 Å². The van der Waals surface area contributed by atoms with Gasteiger partial charge in [0.05, 0.1) is 17.9 Å². The first-order valence-corrected chi connectivity index (χ1v) is 5.79. The first kappa shape index (κ1) is 30.1. The molecule has 0 aliphatic rings. The van der Waals surface area contributed by atoms with Crippen LogP contribution in [0, 0.1) is 0 Å². The van der Waals surface area contributed by atoms with Gasteiger partial charge in [0.1, 0.15) is 0 Å². The van der Waals surface area contributed by atoms with Crippen molar-refractivity contribution < 1.29 is 43.7 Å². The summed E-state index contributed by atoms with van der Waals surface area (Å²) in [5.74, 6) is -5.00. The van der Waals surface area contributed by atoms with Gasteiger partial charge in [-0.05, 0) is 20.8 Å². The molecule has 132 valence electrons. The van der Waals surface area contributed by atoms with Gasteiger partial charge in [0.2, 0.25) is 0 Å². The Balaban J connectivity index is -0.000000108. The molecule has 0 aromatic rings. The van der Waals surface area contributed by atoms with Gasteiger partial charge in [-0.1, -0.05) is 0 Å². The average Bonchev–Trinajstić information content (AvgIpc) is 2.48. The number of hydrogen-bond donors (Lipinski definition) is 0. The van der Waals surface area contributed by atoms with E-state index < -0.39 is 17.9 Å². The van der Waals surface area contributed by atoms with Gasteiger partial charge in [0.15, 0.2) is 0 Å². The Kier molecular flexibility index (Phi) is 20.2. The maximum atomic E-state index is 10.4. The minimum atomic E-state index is -1.67. The molecule has 0 aliphatic carbocycles. The first-order chi connectivity index (χ1) is 9.36. The Labute approximate surface area is 143 Å². The molecule has 0 amide bonds. The van der Waals surface area contributed by atoms with Crippen LogP contribution in [0.15, 0.2) is 0 Å².